The minimum Gasteiger partial charge on any atom is -0.359 e. The molecule has 1 saturated heterocycles. The molecule has 2 rings (SSSR count). The molecule has 2 atom stereocenters. The van der Waals surface area contributed by atoms with Crippen molar-refractivity contribution in [1.82, 2.24) is 20.4 Å². The monoisotopic (exact) mass is 208 g/mol. The Bertz CT molecular complexity index is 360. The lowest BCUT2D eigenvalue weighted by molar-refractivity contribution is -0.124. The van der Waals surface area contributed by atoms with Crippen LogP contribution >= 0.6 is 0 Å². The van der Waals surface area contributed by atoms with Crippen LogP contribution in [-0.2, 0) is 11.8 Å². The molecule has 0 spiro atoms. The van der Waals surface area contributed by atoms with Crippen LogP contribution in [0.5, 0.6) is 0 Å². The zero-order valence-corrected chi connectivity index (χ0v) is 9.03. The number of hydrogen-bond acceptors (Lipinski definition) is 3. The number of rotatable bonds is 2. The van der Waals surface area contributed by atoms with Crippen molar-refractivity contribution < 1.29 is 4.79 Å². The molecule has 0 saturated carbocycles. The maximum atomic E-state index is 11.6. The van der Waals surface area contributed by atoms with Gasteiger partial charge in [-0.25, -0.2) is 0 Å². The lowest BCUT2D eigenvalue weighted by Gasteiger charge is -2.15. The maximum Gasteiger partial charge on any atom is 0.224 e. The van der Waals surface area contributed by atoms with Crippen molar-refractivity contribution in [2.24, 2.45) is 13.0 Å². The molecule has 1 aromatic heterocycles. The summed E-state index contributed by atoms with van der Waals surface area (Å²) in [4.78, 5) is 11.6. The van der Waals surface area contributed by atoms with E-state index in [1.807, 2.05) is 19.4 Å². The van der Waals surface area contributed by atoms with Crippen LogP contribution in [0, 0.1) is 5.92 Å². The Morgan fingerprint density at radius 2 is 2.47 bits per heavy atom. The van der Waals surface area contributed by atoms with Gasteiger partial charge < -0.3 is 10.6 Å². The molecule has 1 aromatic rings. The normalized spacial score (nSPS) is 25.5. The van der Waals surface area contributed by atoms with Gasteiger partial charge in [0.2, 0.25) is 5.91 Å². The topological polar surface area (TPSA) is 59.0 Å². The van der Waals surface area contributed by atoms with E-state index in [-0.39, 0.29) is 17.7 Å². The Morgan fingerprint density at radius 3 is 3.07 bits per heavy atom. The second-order valence-corrected chi connectivity index (χ2v) is 3.93. The first-order valence-electron chi connectivity index (χ1n) is 5.13. The van der Waals surface area contributed by atoms with Crippen molar-refractivity contribution in [2.45, 2.75) is 5.92 Å². The number of carbonyl (C=O) groups is 1. The van der Waals surface area contributed by atoms with Crippen molar-refractivity contribution in [2.75, 3.05) is 20.1 Å². The van der Waals surface area contributed by atoms with Gasteiger partial charge in [0.25, 0.3) is 0 Å². The number of nitrogens with zero attached hydrogens (tertiary/aromatic N) is 2. The minimum absolute atomic E-state index is 0.0270. The second-order valence-electron chi connectivity index (χ2n) is 3.93. The number of amides is 1. The van der Waals surface area contributed by atoms with Crippen molar-refractivity contribution >= 4 is 5.91 Å². The van der Waals surface area contributed by atoms with Gasteiger partial charge in [-0.05, 0) is 5.56 Å². The van der Waals surface area contributed by atoms with Gasteiger partial charge >= 0.3 is 0 Å². The number of carbonyl (C=O) groups excluding carboxylic acids is 1. The summed E-state index contributed by atoms with van der Waals surface area (Å²) >= 11 is 0. The Morgan fingerprint density at radius 1 is 1.67 bits per heavy atom. The summed E-state index contributed by atoms with van der Waals surface area (Å²) in [5, 5.41) is 10.1. The van der Waals surface area contributed by atoms with Gasteiger partial charge in [-0.1, -0.05) is 0 Å². The highest BCUT2D eigenvalue weighted by Gasteiger charge is 2.33. The van der Waals surface area contributed by atoms with Crippen LogP contribution in [0.25, 0.3) is 0 Å². The molecule has 15 heavy (non-hydrogen) atoms. The lowest BCUT2D eigenvalue weighted by Crippen LogP contribution is -2.31. The van der Waals surface area contributed by atoms with Gasteiger partial charge in [0.05, 0.1) is 12.1 Å². The average molecular weight is 208 g/mol. The Kier molecular flexibility index (Phi) is 2.73. The third-order valence-corrected chi connectivity index (χ3v) is 2.95. The summed E-state index contributed by atoms with van der Waals surface area (Å²) < 4.78 is 1.77. The fraction of sp³-hybridized carbons (Fsp3) is 0.600. The average Bonchev–Trinajstić information content (AvgIpc) is 2.84. The van der Waals surface area contributed by atoms with Crippen molar-refractivity contribution in [3.05, 3.63) is 18.0 Å². The predicted molar refractivity (Wildman–Crippen MR) is 56.4 cm³/mol. The molecular weight excluding hydrogens is 192 g/mol. The molecule has 1 aliphatic rings. The summed E-state index contributed by atoms with van der Waals surface area (Å²) in [6, 6.07) is 0. The standard InChI is InChI=1S/C10H16N4O/c1-11-10(15)9-5-12-4-8(9)7-3-13-14(2)6-7/h3,6,8-9,12H,4-5H2,1-2H3,(H,11,15)/t8-,9+/m0/s1. The van der Waals surface area contributed by atoms with Gasteiger partial charge in [0.15, 0.2) is 0 Å². The first-order chi connectivity index (χ1) is 7.22. The predicted octanol–water partition coefficient (Wildman–Crippen LogP) is -0.531. The van der Waals surface area contributed by atoms with E-state index in [2.05, 4.69) is 15.7 Å². The highest BCUT2D eigenvalue weighted by Crippen LogP contribution is 2.27. The molecule has 5 heteroatoms. The molecular formula is C10H16N4O. The lowest BCUT2D eigenvalue weighted by atomic mass is 9.90. The molecule has 0 bridgehead atoms. The van der Waals surface area contributed by atoms with Crippen LogP contribution in [0.4, 0.5) is 0 Å². The molecule has 1 amide bonds. The third-order valence-electron chi connectivity index (χ3n) is 2.95. The fourth-order valence-corrected chi connectivity index (χ4v) is 2.12. The van der Waals surface area contributed by atoms with E-state index < -0.39 is 0 Å². The molecule has 2 N–H and O–H groups in total. The highest BCUT2D eigenvalue weighted by atomic mass is 16.1. The van der Waals surface area contributed by atoms with E-state index >= 15 is 0 Å². The second kappa shape index (κ2) is 4.02. The molecule has 0 unspecified atom stereocenters. The number of hydrogen-bond donors (Lipinski definition) is 2. The van der Waals surface area contributed by atoms with Crippen LogP contribution in [0.3, 0.4) is 0 Å². The molecule has 1 fully saturated rings. The van der Waals surface area contributed by atoms with E-state index in [0.29, 0.717) is 0 Å². The minimum atomic E-state index is 0.0270. The summed E-state index contributed by atoms with van der Waals surface area (Å²) in [5.74, 6) is 0.381. The largest absolute Gasteiger partial charge is 0.359 e. The zero-order valence-electron chi connectivity index (χ0n) is 9.03. The van der Waals surface area contributed by atoms with Crippen LogP contribution < -0.4 is 10.6 Å². The van der Waals surface area contributed by atoms with Crippen molar-refractivity contribution in [3.8, 4) is 0 Å². The summed E-state index contributed by atoms with van der Waals surface area (Å²) in [7, 11) is 3.57. The van der Waals surface area contributed by atoms with Crippen molar-refractivity contribution in [1.29, 1.82) is 0 Å². The van der Waals surface area contributed by atoms with E-state index in [0.717, 1.165) is 18.7 Å². The van der Waals surface area contributed by atoms with Crippen molar-refractivity contribution in [3.63, 3.8) is 0 Å². The Balaban J connectivity index is 2.18. The van der Waals surface area contributed by atoms with Gasteiger partial charge in [-0.3, -0.25) is 9.48 Å². The smallest absolute Gasteiger partial charge is 0.224 e. The maximum absolute atomic E-state index is 11.6. The first kappa shape index (κ1) is 10.2. The Labute approximate surface area is 88.8 Å². The number of nitrogens with one attached hydrogen (secondary N) is 2. The quantitative estimate of drug-likeness (QED) is 0.687. The summed E-state index contributed by atoms with van der Waals surface area (Å²) in [6.07, 6.45) is 3.82. The number of aryl methyl sites for hydroxylation is 1. The number of aromatic nitrogens is 2. The summed E-state index contributed by atoms with van der Waals surface area (Å²) in [5.41, 5.74) is 1.14. The molecule has 0 radical (unpaired) electrons. The first-order valence-corrected chi connectivity index (χ1v) is 5.13. The van der Waals surface area contributed by atoms with Crippen LogP contribution in [0.2, 0.25) is 0 Å². The van der Waals surface area contributed by atoms with E-state index in [9.17, 15) is 4.79 Å². The van der Waals surface area contributed by atoms with Gasteiger partial charge in [-0.15, -0.1) is 0 Å². The molecule has 5 nitrogen and oxygen atoms in total. The van der Waals surface area contributed by atoms with E-state index in [4.69, 9.17) is 0 Å². The highest BCUT2D eigenvalue weighted by molar-refractivity contribution is 5.80. The SMILES string of the molecule is CNC(=O)[C@@H]1CNC[C@H]1c1cnn(C)c1. The van der Waals surface area contributed by atoms with Crippen LogP contribution in [-0.4, -0.2) is 35.8 Å². The van der Waals surface area contributed by atoms with Gasteiger partial charge in [-0.2, -0.15) is 5.10 Å². The van der Waals surface area contributed by atoms with Gasteiger partial charge in [0.1, 0.15) is 0 Å². The third kappa shape index (κ3) is 1.87. The fourth-order valence-electron chi connectivity index (χ4n) is 2.12. The van der Waals surface area contributed by atoms with Crippen LogP contribution in [0.1, 0.15) is 11.5 Å². The zero-order chi connectivity index (χ0) is 10.8. The van der Waals surface area contributed by atoms with Gasteiger partial charge in [0, 0.05) is 39.3 Å². The molecule has 0 aromatic carbocycles. The van der Waals surface area contributed by atoms with E-state index in [1.54, 1.807) is 11.7 Å². The molecule has 1 aliphatic heterocycles. The molecule has 2 heterocycles. The van der Waals surface area contributed by atoms with E-state index in [1.165, 1.54) is 0 Å². The Hall–Kier alpha value is -1.36. The molecule has 0 aliphatic carbocycles. The molecule has 82 valence electrons. The van der Waals surface area contributed by atoms with Crippen LogP contribution in [0.15, 0.2) is 12.4 Å². The summed E-state index contributed by atoms with van der Waals surface area (Å²) in [6.45, 7) is 1.60.